The van der Waals surface area contributed by atoms with Gasteiger partial charge in [0.25, 0.3) is 0 Å². The molecule has 0 saturated heterocycles. The number of aryl methyl sites for hydroxylation is 1. The summed E-state index contributed by atoms with van der Waals surface area (Å²) in [5.41, 5.74) is 1.81. The number of nitrogens with zero attached hydrogens (tertiary/aromatic N) is 2. The van der Waals surface area contributed by atoms with E-state index in [1.54, 1.807) is 6.07 Å². The van der Waals surface area contributed by atoms with Crippen LogP contribution in [0.5, 0.6) is 0 Å². The molecule has 3 nitrogen and oxygen atoms in total. The molecule has 0 aliphatic carbocycles. The standard InChI is InChI=1S/C11H12FN3S/c1-3-13-11-15-14-10(16-11)9-6-8(12)5-4-7(9)2/h4-6H,3H2,1-2H3,(H,13,15). The summed E-state index contributed by atoms with van der Waals surface area (Å²) in [7, 11) is 0. The van der Waals surface area contributed by atoms with Crippen molar-refractivity contribution in [2.45, 2.75) is 13.8 Å². The van der Waals surface area contributed by atoms with E-state index in [0.29, 0.717) is 0 Å². The zero-order valence-electron chi connectivity index (χ0n) is 9.12. The number of hydrogen-bond acceptors (Lipinski definition) is 4. The molecule has 0 spiro atoms. The molecule has 1 N–H and O–H groups in total. The van der Waals surface area contributed by atoms with Gasteiger partial charge in [-0.2, -0.15) is 0 Å². The predicted octanol–water partition coefficient (Wildman–Crippen LogP) is 3.08. The van der Waals surface area contributed by atoms with Gasteiger partial charge >= 0.3 is 0 Å². The van der Waals surface area contributed by atoms with Crippen molar-refractivity contribution in [1.29, 1.82) is 0 Å². The van der Waals surface area contributed by atoms with E-state index in [4.69, 9.17) is 0 Å². The lowest BCUT2D eigenvalue weighted by atomic mass is 10.1. The second-order valence-electron chi connectivity index (χ2n) is 3.40. The van der Waals surface area contributed by atoms with Crippen LogP contribution in [0.1, 0.15) is 12.5 Å². The van der Waals surface area contributed by atoms with E-state index >= 15 is 0 Å². The van der Waals surface area contributed by atoms with Crippen molar-refractivity contribution in [1.82, 2.24) is 10.2 Å². The lowest BCUT2D eigenvalue weighted by molar-refractivity contribution is 0.628. The van der Waals surface area contributed by atoms with Crippen molar-refractivity contribution in [3.63, 3.8) is 0 Å². The SMILES string of the molecule is CCNc1nnc(-c2cc(F)ccc2C)s1. The van der Waals surface area contributed by atoms with Crippen molar-refractivity contribution in [3.8, 4) is 10.6 Å². The summed E-state index contributed by atoms with van der Waals surface area (Å²) in [6.07, 6.45) is 0. The molecule has 0 unspecified atom stereocenters. The van der Waals surface area contributed by atoms with E-state index in [1.807, 2.05) is 13.8 Å². The maximum absolute atomic E-state index is 13.1. The van der Waals surface area contributed by atoms with Crippen LogP contribution in [0.15, 0.2) is 18.2 Å². The minimum absolute atomic E-state index is 0.249. The highest BCUT2D eigenvalue weighted by Gasteiger charge is 2.09. The van der Waals surface area contributed by atoms with Crippen LogP contribution in [0.3, 0.4) is 0 Å². The molecule has 0 aliphatic heterocycles. The zero-order chi connectivity index (χ0) is 11.5. The molecule has 0 bridgehead atoms. The van der Waals surface area contributed by atoms with Crippen LogP contribution < -0.4 is 5.32 Å². The van der Waals surface area contributed by atoms with Crippen LogP contribution in [0.4, 0.5) is 9.52 Å². The van der Waals surface area contributed by atoms with Crippen LogP contribution in [-0.2, 0) is 0 Å². The highest BCUT2D eigenvalue weighted by atomic mass is 32.1. The fourth-order valence-corrected chi connectivity index (χ4v) is 2.27. The first-order valence-corrected chi connectivity index (χ1v) is 5.86. The van der Waals surface area contributed by atoms with Gasteiger partial charge < -0.3 is 5.32 Å². The number of rotatable bonds is 3. The van der Waals surface area contributed by atoms with Gasteiger partial charge in [0.1, 0.15) is 10.8 Å². The Labute approximate surface area is 97.3 Å². The fourth-order valence-electron chi connectivity index (χ4n) is 1.38. The normalized spacial score (nSPS) is 10.4. The zero-order valence-corrected chi connectivity index (χ0v) is 9.94. The maximum atomic E-state index is 13.1. The van der Waals surface area contributed by atoms with E-state index < -0.39 is 0 Å². The summed E-state index contributed by atoms with van der Waals surface area (Å²) in [6, 6.07) is 4.69. The van der Waals surface area contributed by atoms with Gasteiger partial charge in [0.2, 0.25) is 5.13 Å². The molecule has 1 aromatic heterocycles. The van der Waals surface area contributed by atoms with E-state index in [0.717, 1.165) is 27.8 Å². The highest BCUT2D eigenvalue weighted by Crippen LogP contribution is 2.29. The lowest BCUT2D eigenvalue weighted by Crippen LogP contribution is -1.94. The third-order valence-electron chi connectivity index (χ3n) is 2.18. The smallest absolute Gasteiger partial charge is 0.205 e. The molecule has 1 aromatic carbocycles. The van der Waals surface area contributed by atoms with Crippen LogP contribution in [0.2, 0.25) is 0 Å². The fraction of sp³-hybridized carbons (Fsp3) is 0.273. The number of halogens is 1. The number of aromatic nitrogens is 2. The summed E-state index contributed by atoms with van der Waals surface area (Å²) in [5.74, 6) is -0.249. The Morgan fingerprint density at radius 1 is 1.38 bits per heavy atom. The molecule has 0 atom stereocenters. The second-order valence-corrected chi connectivity index (χ2v) is 4.38. The Morgan fingerprint density at radius 3 is 2.94 bits per heavy atom. The minimum atomic E-state index is -0.249. The molecule has 1 heterocycles. The number of benzene rings is 1. The Bertz CT molecular complexity index is 496. The summed E-state index contributed by atoms with van der Waals surface area (Å²) in [6.45, 7) is 4.73. The van der Waals surface area contributed by atoms with Crippen LogP contribution >= 0.6 is 11.3 Å². The van der Waals surface area contributed by atoms with Crippen molar-refractivity contribution in [2.24, 2.45) is 0 Å². The molecule has 0 aliphatic rings. The molecule has 0 fully saturated rings. The average Bonchev–Trinajstić information content (AvgIpc) is 2.71. The third kappa shape index (κ3) is 2.19. The third-order valence-corrected chi connectivity index (χ3v) is 3.10. The Balaban J connectivity index is 2.38. The second kappa shape index (κ2) is 4.57. The van der Waals surface area contributed by atoms with Gasteiger partial charge in [0.15, 0.2) is 0 Å². The topological polar surface area (TPSA) is 37.8 Å². The Hall–Kier alpha value is -1.49. The van der Waals surface area contributed by atoms with Crippen LogP contribution in [-0.4, -0.2) is 16.7 Å². The maximum Gasteiger partial charge on any atom is 0.205 e. The van der Waals surface area contributed by atoms with Gasteiger partial charge in [-0.3, -0.25) is 0 Å². The van der Waals surface area contributed by atoms with Crippen molar-refractivity contribution < 1.29 is 4.39 Å². The molecule has 2 aromatic rings. The summed E-state index contributed by atoms with van der Waals surface area (Å²) in [5, 5.41) is 12.6. The first kappa shape index (κ1) is 11.0. The van der Waals surface area contributed by atoms with Gasteiger partial charge in [-0.05, 0) is 31.5 Å². The number of nitrogens with one attached hydrogen (secondary N) is 1. The van der Waals surface area contributed by atoms with E-state index in [9.17, 15) is 4.39 Å². The van der Waals surface area contributed by atoms with Gasteiger partial charge in [0, 0.05) is 12.1 Å². The average molecular weight is 237 g/mol. The Morgan fingerprint density at radius 2 is 2.19 bits per heavy atom. The van der Waals surface area contributed by atoms with Crippen LogP contribution in [0, 0.1) is 12.7 Å². The van der Waals surface area contributed by atoms with Crippen molar-refractivity contribution in [2.75, 3.05) is 11.9 Å². The number of anilines is 1. The summed E-state index contributed by atoms with van der Waals surface area (Å²) in [4.78, 5) is 0. The molecule has 5 heteroatoms. The van der Waals surface area contributed by atoms with Crippen LogP contribution in [0.25, 0.3) is 10.6 Å². The van der Waals surface area contributed by atoms with Gasteiger partial charge in [0.05, 0.1) is 0 Å². The molecule has 2 rings (SSSR count). The first-order valence-electron chi connectivity index (χ1n) is 5.04. The van der Waals surface area contributed by atoms with Crippen molar-refractivity contribution >= 4 is 16.5 Å². The van der Waals surface area contributed by atoms with Gasteiger partial charge in [-0.1, -0.05) is 17.4 Å². The van der Waals surface area contributed by atoms with E-state index in [2.05, 4.69) is 15.5 Å². The highest BCUT2D eigenvalue weighted by molar-refractivity contribution is 7.18. The van der Waals surface area contributed by atoms with E-state index in [1.165, 1.54) is 23.5 Å². The molecule has 0 saturated carbocycles. The minimum Gasteiger partial charge on any atom is -0.360 e. The molecule has 0 amide bonds. The first-order chi connectivity index (χ1) is 7.70. The van der Waals surface area contributed by atoms with Gasteiger partial charge in [-0.15, -0.1) is 10.2 Å². The van der Waals surface area contributed by atoms with E-state index in [-0.39, 0.29) is 5.82 Å². The lowest BCUT2D eigenvalue weighted by Gasteiger charge is -2.00. The summed E-state index contributed by atoms with van der Waals surface area (Å²) >= 11 is 1.43. The predicted molar refractivity (Wildman–Crippen MR) is 64.2 cm³/mol. The largest absolute Gasteiger partial charge is 0.360 e. The van der Waals surface area contributed by atoms with Crippen molar-refractivity contribution in [3.05, 3.63) is 29.6 Å². The van der Waals surface area contributed by atoms with Gasteiger partial charge in [-0.25, -0.2) is 4.39 Å². The molecule has 84 valence electrons. The molecule has 0 radical (unpaired) electrons. The molecular formula is C11H12FN3S. The molecule has 16 heavy (non-hydrogen) atoms. The molecular weight excluding hydrogens is 225 g/mol. The quantitative estimate of drug-likeness (QED) is 0.891. The number of hydrogen-bond donors (Lipinski definition) is 1. The Kier molecular flexibility index (Phi) is 3.14. The summed E-state index contributed by atoms with van der Waals surface area (Å²) < 4.78 is 13.1. The monoisotopic (exact) mass is 237 g/mol.